The van der Waals surface area contributed by atoms with Crippen molar-refractivity contribution >= 4 is 42.4 Å². The third-order valence-corrected chi connectivity index (χ3v) is 2.76. The Hall–Kier alpha value is 0.137. The van der Waals surface area contributed by atoms with Crippen molar-refractivity contribution in [1.82, 2.24) is 0 Å². The molecule has 0 heterocycles. The van der Waals surface area contributed by atoms with Crippen LogP contribution < -0.4 is 33.5 Å². The van der Waals surface area contributed by atoms with Crippen LogP contribution in [-0.2, 0) is 0 Å². The summed E-state index contributed by atoms with van der Waals surface area (Å²) in [6.45, 7) is 0. The average Bonchev–Trinajstić information content (AvgIpc) is 2.21. The van der Waals surface area contributed by atoms with Gasteiger partial charge in [-0.25, -0.2) is 0 Å². The molecular formula is C12H10As2Cl2-2. The minimum absolute atomic E-state index is 0. The molecule has 16 heavy (non-hydrogen) atoms. The summed E-state index contributed by atoms with van der Waals surface area (Å²) in [7, 11) is 0. The van der Waals surface area contributed by atoms with Crippen LogP contribution in [0, 0.1) is 0 Å². The maximum atomic E-state index is 2.49. The smallest absolute Gasteiger partial charge is 1.00 e. The van der Waals surface area contributed by atoms with Crippen LogP contribution in [-0.4, -0.2) is 33.7 Å². The van der Waals surface area contributed by atoms with Crippen LogP contribution in [0.1, 0.15) is 0 Å². The summed E-state index contributed by atoms with van der Waals surface area (Å²) in [6.07, 6.45) is 0. The zero-order valence-electron chi connectivity index (χ0n) is 8.42. The summed E-state index contributed by atoms with van der Waals surface area (Å²) in [5.74, 6) is 0. The molecule has 4 heteroatoms. The molecule has 0 saturated heterocycles. The molecule has 0 amide bonds. The van der Waals surface area contributed by atoms with E-state index in [9.17, 15) is 0 Å². The third kappa shape index (κ3) is 9.37. The van der Waals surface area contributed by atoms with E-state index < -0.39 is 0 Å². The Kier molecular flexibility index (Phi) is 13.4. The van der Waals surface area contributed by atoms with E-state index in [-0.39, 0.29) is 24.8 Å². The monoisotopic (exact) mass is 374 g/mol. The second kappa shape index (κ2) is 11.6. The summed E-state index contributed by atoms with van der Waals surface area (Å²) in [6, 6.07) is 20.3. The van der Waals surface area contributed by atoms with Crippen molar-refractivity contribution < 1.29 is 24.8 Å². The fourth-order valence-corrected chi connectivity index (χ4v) is 1.58. The molecule has 4 radical (unpaired) electrons. The van der Waals surface area contributed by atoms with Crippen molar-refractivity contribution in [3.8, 4) is 0 Å². The Balaban J connectivity index is 0. The Labute approximate surface area is 127 Å². The number of hydrogen-bond donors (Lipinski definition) is 0. The molecule has 0 nitrogen and oxygen atoms in total. The Morgan fingerprint density at radius 2 is 0.750 bits per heavy atom. The zero-order chi connectivity index (χ0) is 10.2. The van der Waals surface area contributed by atoms with E-state index in [2.05, 4.69) is 58.0 Å². The molecule has 0 aliphatic rings. The van der Waals surface area contributed by atoms with Gasteiger partial charge in [0.05, 0.1) is 0 Å². The first-order chi connectivity index (χ1) is 6.79. The number of rotatable bonds is 0. The van der Waals surface area contributed by atoms with Crippen molar-refractivity contribution in [2.24, 2.45) is 0 Å². The second-order valence-electron chi connectivity index (χ2n) is 2.67. The van der Waals surface area contributed by atoms with Crippen LogP contribution in [0.25, 0.3) is 0 Å². The van der Waals surface area contributed by atoms with Gasteiger partial charge in [-0.15, -0.1) is 0 Å². The van der Waals surface area contributed by atoms with Gasteiger partial charge in [0, 0.05) is 0 Å². The second-order valence-corrected chi connectivity index (χ2v) is 4.84. The van der Waals surface area contributed by atoms with Crippen LogP contribution in [0.2, 0.25) is 0 Å². The Morgan fingerprint density at radius 1 is 0.500 bits per heavy atom. The molecule has 0 saturated carbocycles. The van der Waals surface area contributed by atoms with Gasteiger partial charge >= 0.3 is 103 Å². The van der Waals surface area contributed by atoms with Crippen LogP contribution in [0.15, 0.2) is 60.7 Å². The van der Waals surface area contributed by atoms with Crippen molar-refractivity contribution in [2.45, 2.75) is 0 Å². The minimum Gasteiger partial charge on any atom is -1.00 e. The van der Waals surface area contributed by atoms with Crippen molar-refractivity contribution in [2.75, 3.05) is 0 Å². The average molecular weight is 375 g/mol. The SMILES string of the molecule is [As]c1ccccc1.[As]c1ccccc1.[Cl-].[Cl-]. The van der Waals surface area contributed by atoms with E-state index in [4.69, 9.17) is 0 Å². The normalized spacial score (nSPS) is 7.62. The van der Waals surface area contributed by atoms with Gasteiger partial charge in [0.2, 0.25) is 0 Å². The molecule has 0 fully saturated rings. The van der Waals surface area contributed by atoms with Crippen molar-refractivity contribution in [3.63, 3.8) is 0 Å². The van der Waals surface area contributed by atoms with E-state index >= 15 is 0 Å². The molecular weight excluding hydrogens is 365 g/mol. The zero-order valence-corrected chi connectivity index (χ0v) is 13.7. The van der Waals surface area contributed by atoms with Gasteiger partial charge in [-0.05, 0) is 0 Å². The van der Waals surface area contributed by atoms with Gasteiger partial charge in [0.15, 0.2) is 0 Å². The number of halogens is 2. The molecule has 2 aromatic carbocycles. The molecule has 0 spiro atoms. The summed E-state index contributed by atoms with van der Waals surface area (Å²) in [5, 5.41) is 0. The summed E-state index contributed by atoms with van der Waals surface area (Å²) in [5.41, 5.74) is 0. The Bertz CT molecular complexity index is 314. The van der Waals surface area contributed by atoms with Gasteiger partial charge in [-0.3, -0.25) is 0 Å². The fourth-order valence-electron chi connectivity index (χ4n) is 0.856. The first kappa shape index (κ1) is 18.5. The first-order valence-electron chi connectivity index (χ1n) is 4.27. The fraction of sp³-hybridized carbons (Fsp3) is 0. The summed E-state index contributed by atoms with van der Waals surface area (Å²) < 4.78 is 2.52. The molecule has 84 valence electrons. The van der Waals surface area contributed by atoms with Crippen LogP contribution >= 0.6 is 0 Å². The van der Waals surface area contributed by atoms with Gasteiger partial charge < -0.3 is 24.8 Å². The van der Waals surface area contributed by atoms with Crippen LogP contribution in [0.3, 0.4) is 0 Å². The molecule has 0 aromatic heterocycles. The predicted molar refractivity (Wildman–Crippen MR) is 63.7 cm³/mol. The largest absolute Gasteiger partial charge is 1.00 e. The van der Waals surface area contributed by atoms with Gasteiger partial charge in [-0.1, -0.05) is 0 Å². The van der Waals surface area contributed by atoms with E-state index in [0.29, 0.717) is 0 Å². The standard InChI is InChI=1S/2C6H5As.2ClH/c2*7-6-4-2-1-3-5-6;;/h2*1-5H;2*1H/p-2. The first-order valence-corrected chi connectivity index (χ1v) is 6.15. The maximum absolute atomic E-state index is 2.49. The molecule has 0 aliphatic heterocycles. The predicted octanol–water partition coefficient (Wildman–Crippen LogP) is -5.03. The van der Waals surface area contributed by atoms with E-state index in [1.165, 1.54) is 8.70 Å². The molecule has 2 aromatic rings. The summed E-state index contributed by atoms with van der Waals surface area (Å²) in [4.78, 5) is 0. The molecule has 0 N–H and O–H groups in total. The van der Waals surface area contributed by atoms with Gasteiger partial charge in [0.1, 0.15) is 0 Å². The van der Waals surface area contributed by atoms with Crippen LogP contribution in [0.4, 0.5) is 0 Å². The molecule has 0 unspecified atom stereocenters. The topological polar surface area (TPSA) is 0 Å². The van der Waals surface area contributed by atoms with Crippen molar-refractivity contribution in [1.29, 1.82) is 0 Å². The van der Waals surface area contributed by atoms with Crippen LogP contribution in [0.5, 0.6) is 0 Å². The molecule has 0 atom stereocenters. The maximum Gasteiger partial charge on any atom is -1.00 e. The third-order valence-electron chi connectivity index (χ3n) is 1.51. The molecule has 2 rings (SSSR count). The van der Waals surface area contributed by atoms with Crippen molar-refractivity contribution in [3.05, 3.63) is 60.7 Å². The van der Waals surface area contributed by atoms with Gasteiger partial charge in [0.25, 0.3) is 0 Å². The number of benzene rings is 2. The van der Waals surface area contributed by atoms with E-state index in [1.54, 1.807) is 0 Å². The quantitative estimate of drug-likeness (QED) is 0.405. The minimum atomic E-state index is 0. The molecule has 0 aliphatic carbocycles. The van der Waals surface area contributed by atoms with E-state index in [0.717, 1.165) is 0 Å². The van der Waals surface area contributed by atoms with Gasteiger partial charge in [-0.2, -0.15) is 0 Å². The summed E-state index contributed by atoms with van der Waals surface area (Å²) >= 11 is 4.99. The molecule has 0 bridgehead atoms. The van der Waals surface area contributed by atoms with E-state index in [1.807, 2.05) is 36.4 Å². The number of hydrogen-bond acceptors (Lipinski definition) is 0. The Morgan fingerprint density at radius 3 is 0.875 bits per heavy atom.